The van der Waals surface area contributed by atoms with E-state index in [4.69, 9.17) is 5.73 Å². The van der Waals surface area contributed by atoms with Crippen molar-refractivity contribution in [2.24, 2.45) is 0 Å². The molecule has 2 aromatic rings. The minimum Gasteiger partial charge on any atom is -0.398 e. The Morgan fingerprint density at radius 1 is 1.31 bits per heavy atom. The van der Waals surface area contributed by atoms with E-state index in [0.717, 1.165) is 15.7 Å². The van der Waals surface area contributed by atoms with Gasteiger partial charge >= 0.3 is 0 Å². The molecule has 1 heterocycles. The van der Waals surface area contributed by atoms with Gasteiger partial charge in [-0.3, -0.25) is 0 Å². The van der Waals surface area contributed by atoms with Gasteiger partial charge in [0.1, 0.15) is 0 Å². The average molecular weight is 191 g/mol. The van der Waals surface area contributed by atoms with Crippen LogP contribution < -0.4 is 5.73 Å². The lowest BCUT2D eigenvalue weighted by Gasteiger charge is -2.00. The number of H-pyrrole nitrogens is 1. The Labute approximate surface area is 80.4 Å². The van der Waals surface area contributed by atoms with Gasteiger partial charge in [-0.25, -0.2) is 4.98 Å². The van der Waals surface area contributed by atoms with Crippen molar-refractivity contribution in [1.82, 2.24) is 9.97 Å². The van der Waals surface area contributed by atoms with Crippen LogP contribution in [0.4, 0.5) is 5.69 Å². The smallest absolute Gasteiger partial charge is 0.170 e. The highest BCUT2D eigenvalue weighted by molar-refractivity contribution is 7.99. The van der Waals surface area contributed by atoms with Crippen molar-refractivity contribution < 1.29 is 0 Å². The molecule has 3 N–H and O–H groups in total. The quantitative estimate of drug-likeness (QED) is 0.715. The molecule has 4 heteroatoms. The molecule has 0 bridgehead atoms. The van der Waals surface area contributed by atoms with Gasteiger partial charge < -0.3 is 10.7 Å². The Morgan fingerprint density at radius 2 is 2.15 bits per heavy atom. The summed E-state index contributed by atoms with van der Waals surface area (Å²) in [6, 6.07) is 7.73. The van der Waals surface area contributed by atoms with Crippen molar-refractivity contribution >= 4 is 17.4 Å². The summed E-state index contributed by atoms with van der Waals surface area (Å²) in [5.74, 6) is 0. The molecule has 3 nitrogen and oxygen atoms in total. The van der Waals surface area contributed by atoms with Crippen LogP contribution in [0.15, 0.2) is 46.7 Å². The highest BCUT2D eigenvalue weighted by atomic mass is 32.2. The summed E-state index contributed by atoms with van der Waals surface area (Å²) in [4.78, 5) is 8.14. The van der Waals surface area contributed by atoms with Gasteiger partial charge in [-0.2, -0.15) is 0 Å². The molecule has 0 spiro atoms. The molecule has 0 amide bonds. The first kappa shape index (κ1) is 8.19. The Kier molecular flexibility index (Phi) is 2.23. The summed E-state index contributed by atoms with van der Waals surface area (Å²) in [5.41, 5.74) is 6.56. The first-order chi connectivity index (χ1) is 6.36. The highest BCUT2D eigenvalue weighted by Gasteiger charge is 2.01. The first-order valence-corrected chi connectivity index (χ1v) is 4.69. The first-order valence-electron chi connectivity index (χ1n) is 3.88. The van der Waals surface area contributed by atoms with Gasteiger partial charge in [0.25, 0.3) is 0 Å². The largest absolute Gasteiger partial charge is 0.398 e. The van der Waals surface area contributed by atoms with Gasteiger partial charge in [0.2, 0.25) is 0 Å². The van der Waals surface area contributed by atoms with Crippen LogP contribution in [0.25, 0.3) is 0 Å². The molecule has 0 atom stereocenters. The molecule has 13 heavy (non-hydrogen) atoms. The SMILES string of the molecule is Nc1ccccc1Sc1ncc[nH]1. The molecule has 0 saturated carbocycles. The number of aromatic nitrogens is 2. The van der Waals surface area contributed by atoms with Crippen molar-refractivity contribution in [2.75, 3.05) is 5.73 Å². The van der Waals surface area contributed by atoms with Gasteiger partial charge in [0, 0.05) is 23.0 Å². The van der Waals surface area contributed by atoms with Crippen molar-refractivity contribution in [3.8, 4) is 0 Å². The van der Waals surface area contributed by atoms with Crippen LogP contribution >= 0.6 is 11.8 Å². The van der Waals surface area contributed by atoms with E-state index in [1.54, 1.807) is 12.4 Å². The van der Waals surface area contributed by atoms with E-state index in [1.807, 2.05) is 24.3 Å². The number of nitrogens with two attached hydrogens (primary N) is 1. The third-order valence-corrected chi connectivity index (χ3v) is 2.61. The van der Waals surface area contributed by atoms with Gasteiger partial charge in [-0.15, -0.1) is 0 Å². The van der Waals surface area contributed by atoms with Crippen molar-refractivity contribution in [3.63, 3.8) is 0 Å². The number of nitrogen functional groups attached to an aromatic ring is 1. The monoisotopic (exact) mass is 191 g/mol. The number of imidazole rings is 1. The summed E-state index contributed by atoms with van der Waals surface area (Å²) in [6.45, 7) is 0. The molecule has 0 radical (unpaired) electrons. The fourth-order valence-corrected chi connectivity index (χ4v) is 1.77. The molecule has 0 saturated heterocycles. The van der Waals surface area contributed by atoms with Gasteiger partial charge in [-0.05, 0) is 23.9 Å². The fourth-order valence-electron chi connectivity index (χ4n) is 0.984. The average Bonchev–Trinajstić information content (AvgIpc) is 2.61. The normalized spacial score (nSPS) is 10.2. The van der Waals surface area contributed by atoms with Crippen LogP contribution in [0.5, 0.6) is 0 Å². The summed E-state index contributed by atoms with van der Waals surface area (Å²) in [7, 11) is 0. The maximum atomic E-state index is 5.77. The van der Waals surface area contributed by atoms with Crippen LogP contribution in [-0.2, 0) is 0 Å². The molecule has 0 unspecified atom stereocenters. The molecular formula is C9H9N3S. The molecule has 66 valence electrons. The minimum atomic E-state index is 0.781. The number of nitrogens with zero attached hydrogens (tertiary/aromatic N) is 1. The van der Waals surface area contributed by atoms with E-state index < -0.39 is 0 Å². The zero-order valence-electron chi connectivity index (χ0n) is 6.90. The Morgan fingerprint density at radius 3 is 2.85 bits per heavy atom. The third kappa shape index (κ3) is 1.84. The predicted molar refractivity (Wildman–Crippen MR) is 53.6 cm³/mol. The molecule has 0 fully saturated rings. The number of hydrogen-bond donors (Lipinski definition) is 2. The fraction of sp³-hybridized carbons (Fsp3) is 0. The summed E-state index contributed by atoms with van der Waals surface area (Å²) in [5, 5.41) is 0.859. The topological polar surface area (TPSA) is 54.7 Å². The Hall–Kier alpha value is -1.42. The van der Waals surface area contributed by atoms with E-state index in [-0.39, 0.29) is 0 Å². The van der Waals surface area contributed by atoms with Crippen LogP contribution in [0.2, 0.25) is 0 Å². The molecule has 0 aliphatic heterocycles. The second kappa shape index (κ2) is 3.53. The second-order valence-corrected chi connectivity index (χ2v) is 3.56. The number of nitrogens with one attached hydrogen (secondary N) is 1. The molecule has 0 aliphatic carbocycles. The van der Waals surface area contributed by atoms with Crippen molar-refractivity contribution in [3.05, 3.63) is 36.7 Å². The van der Waals surface area contributed by atoms with E-state index >= 15 is 0 Å². The number of hydrogen-bond acceptors (Lipinski definition) is 3. The summed E-state index contributed by atoms with van der Waals surface area (Å²) >= 11 is 1.53. The molecule has 1 aromatic heterocycles. The number of aromatic amines is 1. The van der Waals surface area contributed by atoms with Crippen molar-refractivity contribution in [1.29, 1.82) is 0 Å². The van der Waals surface area contributed by atoms with Gasteiger partial charge in [0.15, 0.2) is 5.16 Å². The van der Waals surface area contributed by atoms with Gasteiger partial charge in [-0.1, -0.05) is 12.1 Å². The lowest BCUT2D eigenvalue weighted by molar-refractivity contribution is 1.06. The van der Waals surface area contributed by atoms with Crippen LogP contribution in [0.1, 0.15) is 0 Å². The zero-order valence-corrected chi connectivity index (χ0v) is 7.71. The molecule has 0 aliphatic rings. The zero-order chi connectivity index (χ0) is 9.10. The van der Waals surface area contributed by atoms with Crippen molar-refractivity contribution in [2.45, 2.75) is 10.1 Å². The maximum absolute atomic E-state index is 5.77. The van der Waals surface area contributed by atoms with Crippen LogP contribution in [0.3, 0.4) is 0 Å². The lowest BCUT2D eigenvalue weighted by atomic mass is 10.3. The van der Waals surface area contributed by atoms with E-state index in [0.29, 0.717) is 0 Å². The summed E-state index contributed by atoms with van der Waals surface area (Å²) in [6.07, 6.45) is 3.52. The minimum absolute atomic E-state index is 0.781. The molecule has 1 aromatic carbocycles. The van der Waals surface area contributed by atoms with E-state index in [1.165, 1.54) is 11.8 Å². The third-order valence-electron chi connectivity index (χ3n) is 1.60. The second-order valence-electron chi connectivity index (χ2n) is 2.53. The van der Waals surface area contributed by atoms with E-state index in [9.17, 15) is 0 Å². The number of anilines is 1. The molecule has 2 rings (SSSR count). The standard InChI is InChI=1S/C9H9N3S/c10-7-3-1-2-4-8(7)13-9-11-5-6-12-9/h1-6H,10H2,(H,11,12). The maximum Gasteiger partial charge on any atom is 0.170 e. The van der Waals surface area contributed by atoms with Crippen LogP contribution in [0, 0.1) is 0 Å². The Balaban J connectivity index is 2.24. The number of rotatable bonds is 2. The van der Waals surface area contributed by atoms with Gasteiger partial charge in [0.05, 0.1) is 0 Å². The summed E-state index contributed by atoms with van der Waals surface area (Å²) < 4.78 is 0. The molecular weight excluding hydrogens is 182 g/mol. The number of para-hydroxylation sites is 1. The highest BCUT2D eigenvalue weighted by Crippen LogP contribution is 2.28. The Bertz CT molecular complexity index is 384. The number of benzene rings is 1. The predicted octanol–water partition coefficient (Wildman–Crippen LogP) is 2.14. The van der Waals surface area contributed by atoms with E-state index in [2.05, 4.69) is 9.97 Å². The van der Waals surface area contributed by atoms with Crippen LogP contribution in [-0.4, -0.2) is 9.97 Å². The lowest BCUT2D eigenvalue weighted by Crippen LogP contribution is -1.87.